The molecule has 0 radical (unpaired) electrons. The normalized spacial score (nSPS) is 27.2. The first kappa shape index (κ1) is 18.5. The summed E-state index contributed by atoms with van der Waals surface area (Å²) >= 11 is 0. The fraction of sp³-hybridized carbons (Fsp3) is 0.652. The summed E-state index contributed by atoms with van der Waals surface area (Å²) in [6.45, 7) is 4.32. The van der Waals surface area contributed by atoms with E-state index >= 15 is 0 Å². The van der Waals surface area contributed by atoms with Crippen LogP contribution in [0.4, 0.5) is 0 Å². The van der Waals surface area contributed by atoms with Gasteiger partial charge < -0.3 is 9.67 Å². The number of phenols is 1. The first-order chi connectivity index (χ1) is 13.0. The minimum atomic E-state index is 0.220. The lowest BCUT2D eigenvalue weighted by Gasteiger charge is -2.53. The molecule has 2 bridgehead atoms. The predicted octanol–water partition coefficient (Wildman–Crippen LogP) is 5.67. The van der Waals surface area contributed by atoms with Crippen LogP contribution < -0.4 is 0 Å². The fourth-order valence-corrected chi connectivity index (χ4v) is 5.65. The Kier molecular flexibility index (Phi) is 4.77. The van der Waals surface area contributed by atoms with E-state index in [2.05, 4.69) is 23.6 Å². The van der Waals surface area contributed by atoms with Crippen molar-refractivity contribution >= 4 is 0 Å². The molecule has 1 heterocycles. The highest BCUT2D eigenvalue weighted by atomic mass is 16.3. The minimum Gasteiger partial charge on any atom is -0.508 e. The molecule has 0 aliphatic heterocycles. The predicted molar refractivity (Wildman–Crippen MR) is 109 cm³/mol. The van der Waals surface area contributed by atoms with Gasteiger partial charge in [0.05, 0.1) is 0 Å². The molecular weight excluding hydrogens is 334 g/mol. The molecule has 3 saturated carbocycles. The SMILES string of the molecule is CCCCCC12CCC(c3nnc(-c4ccc(O)cc4C)n3C)(CC1)CC2. The lowest BCUT2D eigenvalue weighted by molar-refractivity contribution is 0.0250. The van der Waals surface area contributed by atoms with Crippen LogP contribution in [0.3, 0.4) is 0 Å². The van der Waals surface area contributed by atoms with Crippen LogP contribution in [0.2, 0.25) is 0 Å². The van der Waals surface area contributed by atoms with Gasteiger partial charge in [0.25, 0.3) is 0 Å². The van der Waals surface area contributed by atoms with E-state index in [-0.39, 0.29) is 5.41 Å². The highest BCUT2D eigenvalue weighted by Gasteiger charge is 2.51. The number of aromatic hydroxyl groups is 1. The van der Waals surface area contributed by atoms with E-state index < -0.39 is 0 Å². The Morgan fingerprint density at radius 2 is 1.74 bits per heavy atom. The molecule has 4 heteroatoms. The van der Waals surface area contributed by atoms with Crippen molar-refractivity contribution in [2.75, 3.05) is 0 Å². The third-order valence-electron chi connectivity index (χ3n) is 7.51. The quantitative estimate of drug-likeness (QED) is 0.669. The zero-order valence-corrected chi connectivity index (χ0v) is 17.1. The Morgan fingerprint density at radius 3 is 2.37 bits per heavy atom. The summed E-state index contributed by atoms with van der Waals surface area (Å²) in [4.78, 5) is 0. The number of nitrogens with zero attached hydrogens (tertiary/aromatic N) is 3. The van der Waals surface area contributed by atoms with E-state index in [1.54, 1.807) is 12.1 Å². The van der Waals surface area contributed by atoms with E-state index in [1.165, 1.54) is 70.0 Å². The van der Waals surface area contributed by atoms with Gasteiger partial charge in [0, 0.05) is 18.0 Å². The van der Waals surface area contributed by atoms with Crippen molar-refractivity contribution < 1.29 is 5.11 Å². The Balaban J connectivity index is 1.57. The molecule has 0 saturated heterocycles. The van der Waals surface area contributed by atoms with Crippen LogP contribution in [0, 0.1) is 12.3 Å². The number of fused-ring (bicyclic) bond motifs is 3. The molecule has 0 unspecified atom stereocenters. The van der Waals surface area contributed by atoms with Crippen molar-refractivity contribution in [3.63, 3.8) is 0 Å². The number of rotatable bonds is 6. The van der Waals surface area contributed by atoms with Crippen molar-refractivity contribution in [1.29, 1.82) is 0 Å². The molecule has 2 aromatic rings. The second-order valence-electron chi connectivity index (χ2n) is 9.14. The summed E-state index contributed by atoms with van der Waals surface area (Å²) in [6.07, 6.45) is 13.4. The number of unbranched alkanes of at least 4 members (excludes halogenated alkanes) is 2. The second kappa shape index (κ2) is 6.96. The molecule has 1 aromatic carbocycles. The van der Waals surface area contributed by atoms with Crippen molar-refractivity contribution in [3.8, 4) is 17.1 Å². The van der Waals surface area contributed by atoms with Gasteiger partial charge in [-0.2, -0.15) is 0 Å². The molecular formula is C23H33N3O. The standard InChI is InChI=1S/C23H33N3O/c1-4-5-6-9-22-10-13-23(14-11-22,15-12-22)21-25-24-20(26(21)3)19-8-7-18(27)16-17(19)2/h7-8,16,27H,4-6,9-15H2,1-3H3. The van der Waals surface area contributed by atoms with Crippen LogP contribution in [0.5, 0.6) is 5.75 Å². The third-order valence-corrected chi connectivity index (χ3v) is 7.51. The lowest BCUT2D eigenvalue weighted by atomic mass is 9.52. The summed E-state index contributed by atoms with van der Waals surface area (Å²) in [5.41, 5.74) is 2.94. The zero-order chi connectivity index (χ0) is 19.1. The number of phenolic OH excluding ortho intramolecular Hbond substituents is 1. The van der Waals surface area contributed by atoms with Gasteiger partial charge in [-0.05, 0) is 81.0 Å². The van der Waals surface area contributed by atoms with Crippen LogP contribution in [-0.2, 0) is 12.5 Å². The zero-order valence-electron chi connectivity index (χ0n) is 17.1. The molecule has 27 heavy (non-hydrogen) atoms. The number of hydrogen-bond donors (Lipinski definition) is 1. The average Bonchev–Trinajstić information content (AvgIpc) is 3.05. The van der Waals surface area contributed by atoms with Crippen LogP contribution in [0.25, 0.3) is 11.4 Å². The van der Waals surface area contributed by atoms with Crippen molar-refractivity contribution in [2.45, 2.75) is 83.5 Å². The topological polar surface area (TPSA) is 50.9 Å². The summed E-state index contributed by atoms with van der Waals surface area (Å²) in [5, 5.41) is 19.0. The second-order valence-corrected chi connectivity index (χ2v) is 9.14. The average molecular weight is 368 g/mol. The number of benzene rings is 1. The van der Waals surface area contributed by atoms with Crippen molar-refractivity contribution in [2.24, 2.45) is 12.5 Å². The Labute approximate surface area is 163 Å². The van der Waals surface area contributed by atoms with E-state index in [4.69, 9.17) is 5.10 Å². The summed E-state index contributed by atoms with van der Waals surface area (Å²) < 4.78 is 2.22. The van der Waals surface area contributed by atoms with Crippen LogP contribution in [0.1, 0.15) is 82.5 Å². The maximum Gasteiger partial charge on any atom is 0.163 e. The highest BCUT2D eigenvalue weighted by Crippen LogP contribution is 2.59. The third kappa shape index (κ3) is 3.17. The van der Waals surface area contributed by atoms with Gasteiger partial charge in [-0.3, -0.25) is 0 Å². The molecule has 0 spiro atoms. The molecule has 146 valence electrons. The van der Waals surface area contributed by atoms with Gasteiger partial charge in [-0.15, -0.1) is 10.2 Å². The van der Waals surface area contributed by atoms with Gasteiger partial charge in [0.1, 0.15) is 11.6 Å². The van der Waals surface area contributed by atoms with E-state index in [0.717, 1.165) is 17.0 Å². The van der Waals surface area contributed by atoms with Crippen LogP contribution in [-0.4, -0.2) is 19.9 Å². The maximum absolute atomic E-state index is 9.71. The Morgan fingerprint density at radius 1 is 1.04 bits per heavy atom. The van der Waals surface area contributed by atoms with E-state index in [0.29, 0.717) is 11.2 Å². The highest BCUT2D eigenvalue weighted by molar-refractivity contribution is 5.61. The molecule has 3 aliphatic carbocycles. The lowest BCUT2D eigenvalue weighted by Crippen LogP contribution is -2.45. The van der Waals surface area contributed by atoms with Gasteiger partial charge in [0.2, 0.25) is 0 Å². The Bertz CT molecular complexity index is 798. The molecule has 0 atom stereocenters. The molecule has 5 rings (SSSR count). The summed E-state index contributed by atoms with van der Waals surface area (Å²) in [6, 6.07) is 5.49. The van der Waals surface area contributed by atoms with Crippen LogP contribution in [0.15, 0.2) is 18.2 Å². The van der Waals surface area contributed by atoms with Crippen molar-refractivity contribution in [1.82, 2.24) is 14.8 Å². The van der Waals surface area contributed by atoms with Crippen LogP contribution >= 0.6 is 0 Å². The van der Waals surface area contributed by atoms with Crippen molar-refractivity contribution in [3.05, 3.63) is 29.6 Å². The smallest absolute Gasteiger partial charge is 0.163 e. The number of hydrogen-bond acceptors (Lipinski definition) is 3. The molecule has 1 N–H and O–H groups in total. The first-order valence-electron chi connectivity index (χ1n) is 10.7. The first-order valence-corrected chi connectivity index (χ1v) is 10.7. The largest absolute Gasteiger partial charge is 0.508 e. The fourth-order valence-electron chi connectivity index (χ4n) is 5.65. The van der Waals surface area contributed by atoms with E-state index in [9.17, 15) is 5.11 Å². The number of aromatic nitrogens is 3. The van der Waals surface area contributed by atoms with Gasteiger partial charge in [-0.1, -0.05) is 26.2 Å². The van der Waals surface area contributed by atoms with Gasteiger partial charge in [-0.25, -0.2) is 0 Å². The molecule has 3 aliphatic rings. The Hall–Kier alpha value is -1.84. The number of aryl methyl sites for hydroxylation is 1. The maximum atomic E-state index is 9.71. The molecule has 1 aromatic heterocycles. The monoisotopic (exact) mass is 367 g/mol. The van der Waals surface area contributed by atoms with E-state index in [1.807, 2.05) is 13.0 Å². The van der Waals surface area contributed by atoms with Gasteiger partial charge >= 0.3 is 0 Å². The minimum absolute atomic E-state index is 0.220. The summed E-state index contributed by atoms with van der Waals surface area (Å²) in [5.74, 6) is 2.39. The molecule has 4 nitrogen and oxygen atoms in total. The summed E-state index contributed by atoms with van der Waals surface area (Å²) in [7, 11) is 2.11. The van der Waals surface area contributed by atoms with Gasteiger partial charge in [0.15, 0.2) is 5.82 Å². The molecule has 0 amide bonds. The molecule has 3 fully saturated rings.